The average Bonchev–Trinajstić information content (AvgIpc) is 2.45. The van der Waals surface area contributed by atoms with Crippen LogP contribution >= 0.6 is 15.9 Å². The number of anilines is 1. The number of carbonyl (C=O) groups is 1. The number of aldehydes is 1. The summed E-state index contributed by atoms with van der Waals surface area (Å²) in [5.41, 5.74) is 2.92. The molecule has 0 bridgehead atoms. The van der Waals surface area contributed by atoms with Gasteiger partial charge in [-0.15, -0.1) is 0 Å². The number of carbonyl (C=O) groups excluding carboxylic acids is 1. The number of hydrogen-bond donors (Lipinski definition) is 0. The zero-order chi connectivity index (χ0) is 14.5. The van der Waals surface area contributed by atoms with Crippen LogP contribution < -0.4 is 4.90 Å². The van der Waals surface area contributed by atoms with Gasteiger partial charge in [-0.1, -0.05) is 46.3 Å². The van der Waals surface area contributed by atoms with Crippen LogP contribution in [0.3, 0.4) is 0 Å². The highest BCUT2D eigenvalue weighted by molar-refractivity contribution is 9.10. The molecule has 0 heterocycles. The zero-order valence-corrected chi connectivity index (χ0v) is 13.3. The van der Waals surface area contributed by atoms with Crippen LogP contribution in [0.4, 0.5) is 5.69 Å². The fourth-order valence-electron chi connectivity index (χ4n) is 2.19. The minimum absolute atomic E-state index is 0.309. The van der Waals surface area contributed by atoms with Gasteiger partial charge in [0.15, 0.2) is 6.29 Å². The highest BCUT2D eigenvalue weighted by Crippen LogP contribution is 2.27. The van der Waals surface area contributed by atoms with Gasteiger partial charge in [0.25, 0.3) is 0 Å². The van der Waals surface area contributed by atoms with Crippen molar-refractivity contribution < 1.29 is 4.79 Å². The number of rotatable bonds is 5. The van der Waals surface area contributed by atoms with Gasteiger partial charge in [-0.05, 0) is 37.6 Å². The summed E-state index contributed by atoms with van der Waals surface area (Å²) in [6.07, 6.45) is 0.919. The third kappa shape index (κ3) is 3.48. The van der Waals surface area contributed by atoms with Crippen LogP contribution in [-0.2, 0) is 6.54 Å². The second-order valence-corrected chi connectivity index (χ2v) is 5.94. The molecule has 2 aromatic carbocycles. The Morgan fingerprint density at radius 3 is 2.45 bits per heavy atom. The topological polar surface area (TPSA) is 20.3 Å². The summed E-state index contributed by atoms with van der Waals surface area (Å²) >= 11 is 3.49. The lowest BCUT2D eigenvalue weighted by Gasteiger charge is -2.30. The van der Waals surface area contributed by atoms with E-state index in [2.05, 4.69) is 46.8 Å². The molecule has 0 spiro atoms. The molecule has 0 aliphatic carbocycles. The van der Waals surface area contributed by atoms with E-state index in [0.29, 0.717) is 6.04 Å². The van der Waals surface area contributed by atoms with Crippen LogP contribution in [0.25, 0.3) is 0 Å². The van der Waals surface area contributed by atoms with Crippen LogP contribution in [0.1, 0.15) is 29.8 Å². The molecule has 0 saturated heterocycles. The molecule has 0 saturated carbocycles. The molecule has 20 heavy (non-hydrogen) atoms. The Kier molecular flexibility index (Phi) is 4.96. The normalized spacial score (nSPS) is 10.6. The molecule has 2 aromatic rings. The van der Waals surface area contributed by atoms with Gasteiger partial charge in [0.2, 0.25) is 0 Å². The number of nitrogens with zero attached hydrogens (tertiary/aromatic N) is 1. The predicted molar refractivity (Wildman–Crippen MR) is 87.3 cm³/mol. The van der Waals surface area contributed by atoms with Gasteiger partial charge < -0.3 is 4.90 Å². The largest absolute Gasteiger partial charge is 0.364 e. The maximum atomic E-state index is 11.3. The summed E-state index contributed by atoms with van der Waals surface area (Å²) in [5.74, 6) is 0. The summed E-state index contributed by atoms with van der Waals surface area (Å²) in [6.45, 7) is 5.06. The standard InChI is InChI=1S/C17H18BrNO/c1-13(2)19(11-14-6-4-3-5-7-14)17-10-16(18)9-8-15(17)12-20/h3-10,12-13H,11H2,1-2H3. The van der Waals surface area contributed by atoms with E-state index in [-0.39, 0.29) is 0 Å². The Morgan fingerprint density at radius 2 is 1.85 bits per heavy atom. The molecule has 2 rings (SSSR count). The molecule has 0 aliphatic heterocycles. The molecule has 0 N–H and O–H groups in total. The molecule has 0 unspecified atom stereocenters. The summed E-state index contributed by atoms with van der Waals surface area (Å²) in [5, 5.41) is 0. The molecule has 0 fully saturated rings. The van der Waals surface area contributed by atoms with E-state index in [9.17, 15) is 4.79 Å². The second-order valence-electron chi connectivity index (χ2n) is 5.03. The molecule has 0 amide bonds. The van der Waals surface area contributed by atoms with Gasteiger partial charge in [-0.3, -0.25) is 4.79 Å². The molecule has 3 heteroatoms. The number of halogens is 1. The summed E-state index contributed by atoms with van der Waals surface area (Å²) in [6, 6.07) is 16.4. The van der Waals surface area contributed by atoms with E-state index >= 15 is 0 Å². The van der Waals surface area contributed by atoms with Crippen molar-refractivity contribution >= 4 is 27.9 Å². The SMILES string of the molecule is CC(C)N(Cc1ccccc1)c1cc(Br)ccc1C=O. The van der Waals surface area contributed by atoms with E-state index in [1.54, 1.807) is 0 Å². The molecule has 2 nitrogen and oxygen atoms in total. The van der Waals surface area contributed by atoms with Gasteiger partial charge in [-0.25, -0.2) is 0 Å². The molecule has 104 valence electrons. The van der Waals surface area contributed by atoms with Crippen LogP contribution in [0.15, 0.2) is 53.0 Å². The second kappa shape index (κ2) is 6.71. The van der Waals surface area contributed by atoms with Crippen molar-refractivity contribution in [2.75, 3.05) is 4.90 Å². The van der Waals surface area contributed by atoms with Gasteiger partial charge in [-0.2, -0.15) is 0 Å². The van der Waals surface area contributed by atoms with Crippen molar-refractivity contribution in [1.82, 2.24) is 0 Å². The van der Waals surface area contributed by atoms with Crippen molar-refractivity contribution in [1.29, 1.82) is 0 Å². The van der Waals surface area contributed by atoms with Gasteiger partial charge >= 0.3 is 0 Å². The number of benzene rings is 2. The van der Waals surface area contributed by atoms with E-state index in [1.165, 1.54) is 5.56 Å². The maximum Gasteiger partial charge on any atom is 0.152 e. The van der Waals surface area contributed by atoms with Crippen molar-refractivity contribution in [2.24, 2.45) is 0 Å². The van der Waals surface area contributed by atoms with Crippen molar-refractivity contribution in [3.05, 3.63) is 64.1 Å². The van der Waals surface area contributed by atoms with Crippen LogP contribution in [0.5, 0.6) is 0 Å². The Bertz CT molecular complexity index is 581. The van der Waals surface area contributed by atoms with Crippen molar-refractivity contribution in [3.63, 3.8) is 0 Å². The minimum Gasteiger partial charge on any atom is -0.364 e. The molecule has 0 aliphatic rings. The van der Waals surface area contributed by atoms with Crippen LogP contribution in [0, 0.1) is 0 Å². The average molecular weight is 332 g/mol. The highest BCUT2D eigenvalue weighted by atomic mass is 79.9. The number of hydrogen-bond acceptors (Lipinski definition) is 2. The predicted octanol–water partition coefficient (Wildman–Crippen LogP) is 4.68. The Balaban J connectivity index is 2.38. The van der Waals surface area contributed by atoms with E-state index < -0.39 is 0 Å². The fourth-order valence-corrected chi connectivity index (χ4v) is 2.54. The lowest BCUT2D eigenvalue weighted by molar-refractivity contribution is 0.112. The molecule has 0 atom stereocenters. The third-order valence-electron chi connectivity index (χ3n) is 3.25. The Hall–Kier alpha value is -1.61. The first-order chi connectivity index (χ1) is 9.61. The quantitative estimate of drug-likeness (QED) is 0.741. The third-order valence-corrected chi connectivity index (χ3v) is 3.74. The minimum atomic E-state index is 0.309. The molecule has 0 aromatic heterocycles. The molecule has 0 radical (unpaired) electrons. The maximum absolute atomic E-state index is 11.3. The van der Waals surface area contributed by atoms with Gasteiger partial charge in [0, 0.05) is 28.3 Å². The molecular formula is C17H18BrNO. The summed E-state index contributed by atoms with van der Waals surface area (Å²) < 4.78 is 0.983. The fraction of sp³-hybridized carbons (Fsp3) is 0.235. The highest BCUT2D eigenvalue weighted by Gasteiger charge is 2.15. The van der Waals surface area contributed by atoms with E-state index in [1.807, 2.05) is 36.4 Å². The first kappa shape index (κ1) is 14.8. The van der Waals surface area contributed by atoms with Crippen molar-refractivity contribution in [3.8, 4) is 0 Å². The van der Waals surface area contributed by atoms with E-state index in [0.717, 1.165) is 28.6 Å². The zero-order valence-electron chi connectivity index (χ0n) is 11.7. The smallest absolute Gasteiger partial charge is 0.152 e. The summed E-state index contributed by atoms with van der Waals surface area (Å²) in [7, 11) is 0. The first-order valence-corrected chi connectivity index (χ1v) is 7.46. The van der Waals surface area contributed by atoms with Crippen LogP contribution in [0.2, 0.25) is 0 Å². The Morgan fingerprint density at radius 1 is 1.15 bits per heavy atom. The van der Waals surface area contributed by atoms with Gasteiger partial charge in [0.1, 0.15) is 0 Å². The summed E-state index contributed by atoms with van der Waals surface area (Å²) in [4.78, 5) is 13.5. The monoisotopic (exact) mass is 331 g/mol. The van der Waals surface area contributed by atoms with Gasteiger partial charge in [0.05, 0.1) is 0 Å². The Labute approximate surface area is 128 Å². The molecular weight excluding hydrogens is 314 g/mol. The first-order valence-electron chi connectivity index (χ1n) is 6.67. The lowest BCUT2D eigenvalue weighted by atomic mass is 10.1. The lowest BCUT2D eigenvalue weighted by Crippen LogP contribution is -2.31. The van der Waals surface area contributed by atoms with Crippen molar-refractivity contribution in [2.45, 2.75) is 26.4 Å². The van der Waals surface area contributed by atoms with E-state index in [4.69, 9.17) is 0 Å². The van der Waals surface area contributed by atoms with Crippen LogP contribution in [-0.4, -0.2) is 12.3 Å².